The Bertz CT molecular complexity index is 157. The Kier molecular flexibility index (Phi) is 4.46. The monoisotopic (exact) mass is 206 g/mol. The van der Waals surface area contributed by atoms with Crippen molar-refractivity contribution in [2.24, 2.45) is 5.92 Å². The molecule has 0 aliphatic carbocycles. The normalized spacial score (nSPS) is 35.8. The number of fused-ring (bicyclic) bond motifs is 1. The molecule has 0 unspecified atom stereocenters. The number of piperidine rings is 1. The maximum atomic E-state index is 5.56. The first kappa shape index (κ1) is 11.2. The van der Waals surface area contributed by atoms with Gasteiger partial charge in [-0.05, 0) is 20.0 Å². The summed E-state index contributed by atoms with van der Waals surface area (Å²) in [5.74, 6) is 0.763. The Morgan fingerprint density at radius 3 is 3.15 bits per heavy atom. The van der Waals surface area contributed by atoms with Crippen molar-refractivity contribution in [1.82, 2.24) is 10.2 Å². The van der Waals surface area contributed by atoms with E-state index in [9.17, 15) is 0 Å². The lowest BCUT2D eigenvalue weighted by atomic mass is 9.93. The van der Waals surface area contributed by atoms with Crippen LogP contribution in [0.3, 0.4) is 0 Å². The van der Waals surface area contributed by atoms with Crippen LogP contribution < -0.4 is 5.32 Å². The number of hydrogen-bond acceptors (Lipinski definition) is 3. The first-order valence-corrected chi connectivity index (χ1v) is 4.86. The van der Waals surface area contributed by atoms with Gasteiger partial charge in [-0.1, -0.05) is 0 Å². The number of hydrogen-bond donors (Lipinski definition) is 1. The topological polar surface area (TPSA) is 24.5 Å². The first-order valence-electron chi connectivity index (χ1n) is 4.86. The molecule has 2 atom stereocenters. The summed E-state index contributed by atoms with van der Waals surface area (Å²) in [6, 6.07) is 0.709. The highest BCUT2D eigenvalue weighted by Crippen LogP contribution is 2.19. The Morgan fingerprint density at radius 2 is 2.31 bits per heavy atom. The van der Waals surface area contributed by atoms with Crippen LogP contribution in [0.15, 0.2) is 0 Å². The third-order valence-corrected chi connectivity index (χ3v) is 3.08. The fourth-order valence-corrected chi connectivity index (χ4v) is 2.22. The van der Waals surface area contributed by atoms with E-state index >= 15 is 0 Å². The summed E-state index contributed by atoms with van der Waals surface area (Å²) in [5.41, 5.74) is 0. The number of nitrogens with one attached hydrogen (secondary N) is 1. The Morgan fingerprint density at radius 1 is 1.46 bits per heavy atom. The number of likely N-dealkylation sites (N-methyl/N-ethyl adjacent to an activating group) is 1. The van der Waals surface area contributed by atoms with Gasteiger partial charge in [-0.25, -0.2) is 0 Å². The summed E-state index contributed by atoms with van der Waals surface area (Å²) in [6.45, 7) is 5.27. The summed E-state index contributed by atoms with van der Waals surface area (Å²) in [7, 11) is 2.21. The molecule has 2 saturated heterocycles. The lowest BCUT2D eigenvalue weighted by Crippen LogP contribution is -2.49. The van der Waals surface area contributed by atoms with Crippen LogP contribution in [-0.4, -0.2) is 50.8 Å². The van der Waals surface area contributed by atoms with Crippen molar-refractivity contribution in [2.75, 3.05) is 39.9 Å². The van der Waals surface area contributed by atoms with Crippen molar-refractivity contribution in [3.05, 3.63) is 0 Å². The third kappa shape index (κ3) is 2.56. The van der Waals surface area contributed by atoms with Crippen LogP contribution in [0.5, 0.6) is 0 Å². The maximum Gasteiger partial charge on any atom is 0.0593 e. The fourth-order valence-electron chi connectivity index (χ4n) is 2.22. The quantitative estimate of drug-likeness (QED) is 0.619. The zero-order chi connectivity index (χ0) is 8.39. The van der Waals surface area contributed by atoms with Gasteiger partial charge in [-0.3, -0.25) is 4.90 Å². The minimum atomic E-state index is 0. The second-order valence-electron chi connectivity index (χ2n) is 3.88. The van der Waals surface area contributed by atoms with E-state index in [0.29, 0.717) is 6.04 Å². The van der Waals surface area contributed by atoms with Gasteiger partial charge >= 0.3 is 0 Å². The van der Waals surface area contributed by atoms with Gasteiger partial charge in [0.05, 0.1) is 13.2 Å². The highest BCUT2D eigenvalue weighted by atomic mass is 35.5. The van der Waals surface area contributed by atoms with E-state index in [1.54, 1.807) is 0 Å². The molecule has 0 saturated carbocycles. The lowest BCUT2D eigenvalue weighted by molar-refractivity contribution is 0.103. The molecule has 4 heteroatoms. The van der Waals surface area contributed by atoms with E-state index in [4.69, 9.17) is 4.74 Å². The molecule has 2 heterocycles. The molecule has 0 aromatic rings. The van der Waals surface area contributed by atoms with E-state index in [1.807, 2.05) is 0 Å². The molecule has 2 aliphatic heterocycles. The molecule has 78 valence electrons. The molecule has 0 amide bonds. The van der Waals surface area contributed by atoms with E-state index in [2.05, 4.69) is 17.3 Å². The number of ether oxygens (including phenoxy) is 1. The Balaban J connectivity index is 0.000000845. The predicted molar refractivity (Wildman–Crippen MR) is 55.5 cm³/mol. The zero-order valence-electron chi connectivity index (χ0n) is 8.16. The zero-order valence-corrected chi connectivity index (χ0v) is 8.98. The largest absolute Gasteiger partial charge is 0.380 e. The highest BCUT2D eigenvalue weighted by molar-refractivity contribution is 5.85. The van der Waals surface area contributed by atoms with Crippen LogP contribution in [0.25, 0.3) is 0 Å². The molecular weight excluding hydrogens is 188 g/mol. The summed E-state index contributed by atoms with van der Waals surface area (Å²) in [5, 5.41) is 3.44. The Hall–Kier alpha value is 0.170. The van der Waals surface area contributed by atoms with E-state index in [-0.39, 0.29) is 12.4 Å². The van der Waals surface area contributed by atoms with Crippen molar-refractivity contribution in [3.8, 4) is 0 Å². The fraction of sp³-hybridized carbons (Fsp3) is 1.00. The van der Waals surface area contributed by atoms with Gasteiger partial charge < -0.3 is 10.1 Å². The highest BCUT2D eigenvalue weighted by Gasteiger charge is 2.29. The van der Waals surface area contributed by atoms with Gasteiger partial charge in [-0.2, -0.15) is 0 Å². The summed E-state index contributed by atoms with van der Waals surface area (Å²) < 4.78 is 5.56. The molecule has 1 N–H and O–H groups in total. The number of halogens is 1. The minimum Gasteiger partial charge on any atom is -0.380 e. The second-order valence-corrected chi connectivity index (χ2v) is 3.88. The molecule has 2 aliphatic rings. The van der Waals surface area contributed by atoms with E-state index < -0.39 is 0 Å². The average Bonchev–Trinajstić information content (AvgIpc) is 2.29. The predicted octanol–water partition coefficient (Wildman–Crippen LogP) is 0.348. The lowest BCUT2D eigenvalue weighted by Gasteiger charge is -2.35. The van der Waals surface area contributed by atoms with Crippen LogP contribution in [0.4, 0.5) is 0 Å². The van der Waals surface area contributed by atoms with Crippen LogP contribution >= 0.6 is 12.4 Å². The number of nitrogens with zero attached hydrogens (tertiary/aromatic N) is 1. The van der Waals surface area contributed by atoms with Crippen molar-refractivity contribution in [2.45, 2.75) is 12.5 Å². The van der Waals surface area contributed by atoms with Gasteiger partial charge in [0.25, 0.3) is 0 Å². The molecular formula is C9H19ClN2O. The summed E-state index contributed by atoms with van der Waals surface area (Å²) in [4.78, 5) is 2.43. The van der Waals surface area contributed by atoms with Gasteiger partial charge in [0.2, 0.25) is 0 Å². The first-order chi connectivity index (χ1) is 5.88. The van der Waals surface area contributed by atoms with Crippen LogP contribution in [0.2, 0.25) is 0 Å². The van der Waals surface area contributed by atoms with Crippen LogP contribution in [0.1, 0.15) is 6.42 Å². The molecule has 0 radical (unpaired) electrons. The minimum absolute atomic E-state index is 0. The SMILES string of the molecule is CN1CCOC[C@H]2CCNC[C@H]21.Cl. The van der Waals surface area contributed by atoms with Crippen molar-refractivity contribution >= 4 is 12.4 Å². The van der Waals surface area contributed by atoms with Gasteiger partial charge in [0, 0.05) is 25.0 Å². The van der Waals surface area contributed by atoms with Crippen molar-refractivity contribution in [1.29, 1.82) is 0 Å². The van der Waals surface area contributed by atoms with Crippen LogP contribution in [0, 0.1) is 5.92 Å². The van der Waals surface area contributed by atoms with E-state index in [1.165, 1.54) is 13.0 Å². The summed E-state index contributed by atoms with van der Waals surface area (Å²) in [6.07, 6.45) is 1.27. The third-order valence-electron chi connectivity index (χ3n) is 3.08. The molecule has 0 bridgehead atoms. The maximum absolute atomic E-state index is 5.56. The molecule has 0 aromatic carbocycles. The average molecular weight is 207 g/mol. The van der Waals surface area contributed by atoms with Crippen molar-refractivity contribution in [3.63, 3.8) is 0 Å². The van der Waals surface area contributed by atoms with Gasteiger partial charge in [-0.15, -0.1) is 12.4 Å². The second kappa shape index (κ2) is 5.15. The molecule has 0 spiro atoms. The molecule has 13 heavy (non-hydrogen) atoms. The van der Waals surface area contributed by atoms with E-state index in [0.717, 1.165) is 32.2 Å². The van der Waals surface area contributed by atoms with Crippen molar-refractivity contribution < 1.29 is 4.74 Å². The standard InChI is InChI=1S/C9H18N2O.ClH/c1-11-4-5-12-7-8-2-3-10-6-9(8)11;/h8-10H,2-7H2,1H3;1H/t8-,9-;/m1./s1. The summed E-state index contributed by atoms with van der Waals surface area (Å²) >= 11 is 0. The number of rotatable bonds is 0. The molecule has 2 fully saturated rings. The molecule has 3 nitrogen and oxygen atoms in total. The smallest absolute Gasteiger partial charge is 0.0593 e. The molecule has 2 rings (SSSR count). The van der Waals surface area contributed by atoms with Gasteiger partial charge in [0.15, 0.2) is 0 Å². The van der Waals surface area contributed by atoms with Crippen LogP contribution in [-0.2, 0) is 4.74 Å². The van der Waals surface area contributed by atoms with Gasteiger partial charge in [0.1, 0.15) is 0 Å². The molecule has 0 aromatic heterocycles. The Labute approximate surface area is 86.2 Å².